The van der Waals surface area contributed by atoms with Crippen LogP contribution in [0, 0.1) is 5.82 Å². The van der Waals surface area contributed by atoms with Gasteiger partial charge in [-0.25, -0.2) is 4.39 Å². The highest BCUT2D eigenvalue weighted by molar-refractivity contribution is 5.77. The average molecular weight is 242 g/mol. The zero-order chi connectivity index (χ0) is 12.5. The van der Waals surface area contributed by atoms with E-state index in [0.717, 1.165) is 29.8 Å². The van der Waals surface area contributed by atoms with Gasteiger partial charge in [0.25, 0.3) is 0 Å². The summed E-state index contributed by atoms with van der Waals surface area (Å²) in [5.74, 6) is -0.458. The van der Waals surface area contributed by atoms with Crippen molar-refractivity contribution in [3.05, 3.63) is 47.4 Å². The first-order chi connectivity index (χ1) is 8.79. The van der Waals surface area contributed by atoms with E-state index >= 15 is 0 Å². The van der Waals surface area contributed by atoms with E-state index in [4.69, 9.17) is 0 Å². The fraction of sp³-hybridized carbons (Fsp3) is 0.143. The number of benzene rings is 1. The number of nitrogens with one attached hydrogen (secondary N) is 1. The van der Waals surface area contributed by atoms with Gasteiger partial charge >= 0.3 is 0 Å². The van der Waals surface area contributed by atoms with Crippen molar-refractivity contribution in [2.45, 2.75) is 6.42 Å². The lowest BCUT2D eigenvalue weighted by atomic mass is 10.0. The van der Waals surface area contributed by atoms with Gasteiger partial charge in [0.15, 0.2) is 6.29 Å². The topological polar surface area (TPSA) is 42.0 Å². The maximum Gasteiger partial charge on any atom is 0.151 e. The van der Waals surface area contributed by atoms with E-state index in [2.05, 4.69) is 10.3 Å². The number of hydrogen-bond acceptors (Lipinski definition) is 3. The quantitative estimate of drug-likeness (QED) is 0.823. The molecule has 1 aliphatic rings. The summed E-state index contributed by atoms with van der Waals surface area (Å²) in [6.07, 6.45) is 2.85. The van der Waals surface area contributed by atoms with E-state index in [1.807, 2.05) is 18.2 Å². The molecule has 0 bridgehead atoms. The molecule has 0 atom stereocenters. The summed E-state index contributed by atoms with van der Waals surface area (Å²) in [7, 11) is 0. The second kappa shape index (κ2) is 4.22. The SMILES string of the molecule is O=Cc1cnc(-c2cccc3c2CCN3)c(F)c1. The summed E-state index contributed by atoms with van der Waals surface area (Å²) in [5.41, 5.74) is 3.48. The van der Waals surface area contributed by atoms with Crippen LogP contribution in [0.4, 0.5) is 10.1 Å². The number of hydrogen-bond donors (Lipinski definition) is 1. The van der Waals surface area contributed by atoms with Crippen LogP contribution in [0.5, 0.6) is 0 Å². The van der Waals surface area contributed by atoms with Gasteiger partial charge in [-0.15, -0.1) is 0 Å². The number of aromatic nitrogens is 1. The lowest BCUT2D eigenvalue weighted by Gasteiger charge is -2.08. The molecule has 2 heterocycles. The minimum Gasteiger partial charge on any atom is -0.384 e. The van der Waals surface area contributed by atoms with Gasteiger partial charge in [-0.2, -0.15) is 0 Å². The number of fused-ring (bicyclic) bond motifs is 1. The average Bonchev–Trinajstić information content (AvgIpc) is 2.87. The fourth-order valence-corrected chi connectivity index (χ4v) is 2.28. The number of nitrogens with zero attached hydrogens (tertiary/aromatic N) is 1. The van der Waals surface area contributed by atoms with Crippen LogP contribution in [0.1, 0.15) is 15.9 Å². The van der Waals surface area contributed by atoms with Gasteiger partial charge in [-0.05, 0) is 24.1 Å². The van der Waals surface area contributed by atoms with Gasteiger partial charge in [-0.3, -0.25) is 9.78 Å². The van der Waals surface area contributed by atoms with Crippen molar-refractivity contribution >= 4 is 12.0 Å². The number of carbonyl (C=O) groups excluding carboxylic acids is 1. The van der Waals surface area contributed by atoms with Crippen molar-refractivity contribution < 1.29 is 9.18 Å². The third-order valence-electron chi connectivity index (χ3n) is 3.12. The molecule has 1 N–H and O–H groups in total. The minimum atomic E-state index is -0.458. The van der Waals surface area contributed by atoms with E-state index in [0.29, 0.717) is 12.0 Å². The normalized spacial score (nSPS) is 12.9. The lowest BCUT2D eigenvalue weighted by Crippen LogP contribution is -1.95. The van der Waals surface area contributed by atoms with E-state index < -0.39 is 5.82 Å². The Kier molecular flexibility index (Phi) is 2.55. The molecule has 1 aliphatic heterocycles. The van der Waals surface area contributed by atoms with Crippen LogP contribution in [-0.4, -0.2) is 17.8 Å². The Morgan fingerprint density at radius 1 is 1.39 bits per heavy atom. The zero-order valence-corrected chi connectivity index (χ0v) is 9.61. The van der Waals surface area contributed by atoms with Gasteiger partial charge in [0.05, 0.1) is 0 Å². The van der Waals surface area contributed by atoms with Crippen LogP contribution in [0.15, 0.2) is 30.5 Å². The Hall–Kier alpha value is -2.23. The highest BCUT2D eigenvalue weighted by Gasteiger charge is 2.18. The molecule has 1 aromatic heterocycles. The van der Waals surface area contributed by atoms with Crippen LogP contribution >= 0.6 is 0 Å². The molecule has 3 rings (SSSR count). The van der Waals surface area contributed by atoms with Gasteiger partial charge in [0.1, 0.15) is 11.5 Å². The maximum atomic E-state index is 13.9. The minimum absolute atomic E-state index is 0.252. The third kappa shape index (κ3) is 1.66. The monoisotopic (exact) mass is 242 g/mol. The molecule has 0 aliphatic carbocycles. The Labute approximate surface area is 104 Å². The molecule has 0 amide bonds. The molecule has 18 heavy (non-hydrogen) atoms. The predicted molar refractivity (Wildman–Crippen MR) is 67.2 cm³/mol. The second-order valence-electron chi connectivity index (χ2n) is 4.23. The van der Waals surface area contributed by atoms with Crippen molar-refractivity contribution in [1.29, 1.82) is 0 Å². The molecular formula is C14H11FN2O. The van der Waals surface area contributed by atoms with Gasteiger partial charge in [0.2, 0.25) is 0 Å². The van der Waals surface area contributed by atoms with Crippen LogP contribution in [0.25, 0.3) is 11.3 Å². The van der Waals surface area contributed by atoms with Crippen molar-refractivity contribution in [3.8, 4) is 11.3 Å². The number of aldehydes is 1. The van der Waals surface area contributed by atoms with Crippen LogP contribution < -0.4 is 5.32 Å². The van der Waals surface area contributed by atoms with Crippen molar-refractivity contribution in [2.24, 2.45) is 0 Å². The van der Waals surface area contributed by atoms with Gasteiger partial charge in [-0.1, -0.05) is 12.1 Å². The predicted octanol–water partition coefficient (Wildman–Crippen LogP) is 2.67. The molecule has 0 saturated heterocycles. The summed E-state index contributed by atoms with van der Waals surface area (Å²) >= 11 is 0. The highest BCUT2D eigenvalue weighted by atomic mass is 19.1. The van der Waals surface area contributed by atoms with Crippen LogP contribution in [-0.2, 0) is 6.42 Å². The summed E-state index contributed by atoms with van der Waals surface area (Å²) in [4.78, 5) is 14.6. The molecule has 0 spiro atoms. The first-order valence-corrected chi connectivity index (χ1v) is 5.76. The molecule has 90 valence electrons. The largest absolute Gasteiger partial charge is 0.384 e. The van der Waals surface area contributed by atoms with Crippen molar-refractivity contribution in [2.75, 3.05) is 11.9 Å². The standard InChI is InChI=1S/C14H11FN2O/c15-12-6-9(8-18)7-17-14(12)11-2-1-3-13-10(11)4-5-16-13/h1-3,6-8,16H,4-5H2. The van der Waals surface area contributed by atoms with Crippen molar-refractivity contribution in [3.63, 3.8) is 0 Å². The summed E-state index contributed by atoms with van der Waals surface area (Å²) in [6, 6.07) is 6.93. The van der Waals surface area contributed by atoms with E-state index in [1.165, 1.54) is 12.3 Å². The Bertz CT molecular complexity index is 625. The second-order valence-corrected chi connectivity index (χ2v) is 4.23. The lowest BCUT2D eigenvalue weighted by molar-refractivity contribution is 0.112. The van der Waals surface area contributed by atoms with E-state index in [9.17, 15) is 9.18 Å². The van der Waals surface area contributed by atoms with E-state index in [1.54, 1.807) is 0 Å². The number of halogens is 1. The molecule has 4 heteroatoms. The van der Waals surface area contributed by atoms with Gasteiger partial charge in [0, 0.05) is 29.6 Å². The number of pyridine rings is 1. The number of carbonyl (C=O) groups is 1. The number of rotatable bonds is 2. The third-order valence-corrected chi connectivity index (χ3v) is 3.12. The molecular weight excluding hydrogens is 231 g/mol. The summed E-state index contributed by atoms with van der Waals surface area (Å²) in [6.45, 7) is 0.861. The van der Waals surface area contributed by atoms with Crippen LogP contribution in [0.2, 0.25) is 0 Å². The highest BCUT2D eigenvalue weighted by Crippen LogP contribution is 2.32. The Balaban J connectivity index is 2.16. The smallest absolute Gasteiger partial charge is 0.151 e. The Morgan fingerprint density at radius 2 is 2.28 bits per heavy atom. The molecule has 1 aromatic carbocycles. The van der Waals surface area contributed by atoms with Crippen LogP contribution in [0.3, 0.4) is 0 Å². The van der Waals surface area contributed by atoms with Crippen molar-refractivity contribution in [1.82, 2.24) is 4.98 Å². The molecule has 0 radical (unpaired) electrons. The fourth-order valence-electron chi connectivity index (χ4n) is 2.28. The maximum absolute atomic E-state index is 13.9. The molecule has 0 unspecified atom stereocenters. The van der Waals surface area contributed by atoms with Gasteiger partial charge < -0.3 is 5.32 Å². The summed E-state index contributed by atoms with van der Waals surface area (Å²) in [5, 5.41) is 3.25. The molecule has 0 fully saturated rings. The molecule has 0 saturated carbocycles. The zero-order valence-electron chi connectivity index (χ0n) is 9.61. The number of anilines is 1. The molecule has 3 nitrogen and oxygen atoms in total. The van der Waals surface area contributed by atoms with E-state index in [-0.39, 0.29) is 5.56 Å². The first-order valence-electron chi connectivity index (χ1n) is 5.76. The Morgan fingerprint density at radius 3 is 3.06 bits per heavy atom. The molecule has 2 aromatic rings. The first kappa shape index (κ1) is 10.9. The summed E-state index contributed by atoms with van der Waals surface area (Å²) < 4.78 is 13.9.